The lowest BCUT2D eigenvalue weighted by atomic mass is 9.78. The molecule has 2 heteroatoms. The van der Waals surface area contributed by atoms with Crippen LogP contribution in [-0.2, 0) is 6.42 Å². The van der Waals surface area contributed by atoms with Crippen LogP contribution >= 0.6 is 0 Å². The normalized spacial score (nSPS) is 19.3. The number of methoxy groups -OCH3 is 1. The maximum absolute atomic E-state index is 5.33. The van der Waals surface area contributed by atoms with Gasteiger partial charge in [0.05, 0.1) is 7.11 Å². The van der Waals surface area contributed by atoms with E-state index in [1.165, 1.54) is 31.2 Å². The van der Waals surface area contributed by atoms with Crippen molar-refractivity contribution in [2.75, 3.05) is 13.7 Å². The van der Waals surface area contributed by atoms with Crippen LogP contribution in [0.1, 0.15) is 45.1 Å². The van der Waals surface area contributed by atoms with Crippen LogP contribution in [0.2, 0.25) is 0 Å². The van der Waals surface area contributed by atoms with Crippen molar-refractivity contribution in [1.82, 2.24) is 5.32 Å². The van der Waals surface area contributed by atoms with Crippen molar-refractivity contribution in [2.45, 2.75) is 52.0 Å². The van der Waals surface area contributed by atoms with Crippen LogP contribution in [0.5, 0.6) is 5.75 Å². The number of benzene rings is 1. The molecular formula is C17H27NO. The van der Waals surface area contributed by atoms with Gasteiger partial charge in [-0.15, -0.1) is 0 Å². The molecule has 19 heavy (non-hydrogen) atoms. The fourth-order valence-electron chi connectivity index (χ4n) is 3.38. The minimum atomic E-state index is 0.457. The summed E-state index contributed by atoms with van der Waals surface area (Å²) in [6.45, 7) is 5.70. The van der Waals surface area contributed by atoms with Crippen LogP contribution in [0.3, 0.4) is 0 Å². The van der Waals surface area contributed by atoms with Crippen LogP contribution < -0.4 is 10.1 Å². The molecule has 2 rings (SSSR count). The first-order chi connectivity index (χ1) is 9.18. The quantitative estimate of drug-likeness (QED) is 0.841. The third kappa shape index (κ3) is 3.50. The van der Waals surface area contributed by atoms with Gasteiger partial charge in [-0.05, 0) is 48.9 Å². The number of hydrogen-bond donors (Lipinski definition) is 1. The topological polar surface area (TPSA) is 21.3 Å². The SMILES string of the molecule is CCNC(Cc1cccc(OC)c1)C1(C)CCCC1. The molecule has 1 saturated carbocycles. The van der Waals surface area contributed by atoms with Gasteiger partial charge in [-0.25, -0.2) is 0 Å². The van der Waals surface area contributed by atoms with Crippen LogP contribution in [0.4, 0.5) is 0 Å². The Kier molecular flexibility index (Phi) is 4.87. The molecule has 0 spiro atoms. The number of hydrogen-bond acceptors (Lipinski definition) is 2. The van der Waals surface area contributed by atoms with Crippen molar-refractivity contribution < 1.29 is 4.74 Å². The molecule has 1 aliphatic rings. The third-order valence-electron chi connectivity index (χ3n) is 4.61. The summed E-state index contributed by atoms with van der Waals surface area (Å²) in [4.78, 5) is 0. The molecule has 0 heterocycles. The number of nitrogens with one attached hydrogen (secondary N) is 1. The van der Waals surface area contributed by atoms with Gasteiger partial charge >= 0.3 is 0 Å². The molecule has 1 aromatic carbocycles. The molecule has 0 aliphatic heterocycles. The van der Waals surface area contributed by atoms with Gasteiger partial charge in [0.2, 0.25) is 0 Å². The molecule has 0 radical (unpaired) electrons. The van der Waals surface area contributed by atoms with E-state index in [-0.39, 0.29) is 0 Å². The van der Waals surface area contributed by atoms with Gasteiger partial charge in [0.25, 0.3) is 0 Å². The average Bonchev–Trinajstić information content (AvgIpc) is 2.87. The molecule has 1 N–H and O–H groups in total. The highest BCUT2D eigenvalue weighted by Crippen LogP contribution is 2.41. The molecule has 2 nitrogen and oxygen atoms in total. The highest BCUT2D eigenvalue weighted by molar-refractivity contribution is 5.29. The number of ether oxygens (including phenoxy) is 1. The Labute approximate surface area is 117 Å². The fraction of sp³-hybridized carbons (Fsp3) is 0.647. The zero-order valence-corrected chi connectivity index (χ0v) is 12.5. The van der Waals surface area contributed by atoms with Crippen LogP contribution in [0.15, 0.2) is 24.3 Å². The minimum Gasteiger partial charge on any atom is -0.497 e. The predicted octanol–water partition coefficient (Wildman–Crippen LogP) is 3.80. The van der Waals surface area contributed by atoms with E-state index in [0.717, 1.165) is 18.7 Å². The van der Waals surface area contributed by atoms with Crippen LogP contribution in [-0.4, -0.2) is 19.7 Å². The van der Waals surface area contributed by atoms with Crippen molar-refractivity contribution >= 4 is 0 Å². The molecule has 1 atom stereocenters. The van der Waals surface area contributed by atoms with Crippen molar-refractivity contribution in [3.05, 3.63) is 29.8 Å². The minimum absolute atomic E-state index is 0.457. The summed E-state index contributed by atoms with van der Waals surface area (Å²) in [5, 5.41) is 3.71. The fourth-order valence-corrected chi connectivity index (χ4v) is 3.38. The highest BCUT2D eigenvalue weighted by atomic mass is 16.5. The Bertz CT molecular complexity index is 396. The van der Waals surface area contributed by atoms with E-state index in [1.807, 2.05) is 6.07 Å². The van der Waals surface area contributed by atoms with E-state index >= 15 is 0 Å². The molecule has 1 unspecified atom stereocenters. The van der Waals surface area contributed by atoms with Gasteiger partial charge in [0, 0.05) is 6.04 Å². The van der Waals surface area contributed by atoms with Gasteiger partial charge in [0.1, 0.15) is 5.75 Å². The van der Waals surface area contributed by atoms with Crippen molar-refractivity contribution in [3.8, 4) is 5.75 Å². The Morgan fingerprint density at radius 3 is 2.68 bits per heavy atom. The molecular weight excluding hydrogens is 234 g/mol. The summed E-state index contributed by atoms with van der Waals surface area (Å²) in [5.41, 5.74) is 1.83. The van der Waals surface area contributed by atoms with E-state index in [9.17, 15) is 0 Å². The lowest BCUT2D eigenvalue weighted by molar-refractivity contribution is 0.222. The molecule has 0 saturated heterocycles. The second-order valence-electron chi connectivity index (χ2n) is 6.03. The summed E-state index contributed by atoms with van der Waals surface area (Å²) < 4.78 is 5.33. The van der Waals surface area contributed by atoms with Crippen LogP contribution in [0, 0.1) is 5.41 Å². The smallest absolute Gasteiger partial charge is 0.119 e. The summed E-state index contributed by atoms with van der Waals surface area (Å²) in [5.74, 6) is 0.962. The molecule has 0 amide bonds. The average molecular weight is 261 g/mol. The second-order valence-corrected chi connectivity index (χ2v) is 6.03. The Morgan fingerprint density at radius 2 is 2.05 bits per heavy atom. The molecule has 106 valence electrons. The summed E-state index contributed by atoms with van der Waals surface area (Å²) in [7, 11) is 1.74. The van der Waals surface area contributed by atoms with E-state index in [0.29, 0.717) is 11.5 Å². The molecule has 1 aromatic rings. The zero-order chi connectivity index (χ0) is 13.7. The van der Waals surface area contributed by atoms with E-state index in [1.54, 1.807) is 7.11 Å². The Morgan fingerprint density at radius 1 is 1.32 bits per heavy atom. The first-order valence-corrected chi connectivity index (χ1v) is 7.54. The van der Waals surface area contributed by atoms with Crippen molar-refractivity contribution in [2.24, 2.45) is 5.41 Å². The van der Waals surface area contributed by atoms with Gasteiger partial charge < -0.3 is 10.1 Å². The Balaban J connectivity index is 2.11. The predicted molar refractivity (Wildman–Crippen MR) is 80.7 cm³/mol. The lowest BCUT2D eigenvalue weighted by Gasteiger charge is -2.35. The zero-order valence-electron chi connectivity index (χ0n) is 12.5. The highest BCUT2D eigenvalue weighted by Gasteiger charge is 2.36. The number of rotatable bonds is 6. The molecule has 0 aromatic heterocycles. The molecule has 0 bridgehead atoms. The summed E-state index contributed by atoms with van der Waals surface area (Å²) >= 11 is 0. The van der Waals surface area contributed by atoms with E-state index in [4.69, 9.17) is 4.74 Å². The largest absolute Gasteiger partial charge is 0.497 e. The van der Waals surface area contributed by atoms with Crippen molar-refractivity contribution in [3.63, 3.8) is 0 Å². The standard InChI is InChI=1S/C17H27NO/c1-4-18-16(17(2)10-5-6-11-17)13-14-8-7-9-15(12-14)19-3/h7-9,12,16,18H,4-6,10-11,13H2,1-3H3. The lowest BCUT2D eigenvalue weighted by Crippen LogP contribution is -2.43. The third-order valence-corrected chi connectivity index (χ3v) is 4.61. The summed E-state index contributed by atoms with van der Waals surface area (Å²) in [6.07, 6.45) is 6.58. The Hall–Kier alpha value is -1.02. The van der Waals surface area contributed by atoms with Gasteiger partial charge in [-0.3, -0.25) is 0 Å². The van der Waals surface area contributed by atoms with Gasteiger partial charge in [-0.1, -0.05) is 38.8 Å². The second kappa shape index (κ2) is 6.42. The number of likely N-dealkylation sites (N-methyl/N-ethyl adjacent to an activating group) is 1. The van der Waals surface area contributed by atoms with Crippen LogP contribution in [0.25, 0.3) is 0 Å². The molecule has 1 fully saturated rings. The van der Waals surface area contributed by atoms with Crippen molar-refractivity contribution in [1.29, 1.82) is 0 Å². The van der Waals surface area contributed by atoms with E-state index < -0.39 is 0 Å². The maximum Gasteiger partial charge on any atom is 0.119 e. The first-order valence-electron chi connectivity index (χ1n) is 7.54. The maximum atomic E-state index is 5.33. The van der Waals surface area contributed by atoms with Gasteiger partial charge in [-0.2, -0.15) is 0 Å². The summed E-state index contributed by atoms with van der Waals surface area (Å²) in [6, 6.07) is 9.07. The monoisotopic (exact) mass is 261 g/mol. The first kappa shape index (κ1) is 14.4. The van der Waals surface area contributed by atoms with E-state index in [2.05, 4.69) is 37.4 Å². The molecule has 1 aliphatic carbocycles. The van der Waals surface area contributed by atoms with Gasteiger partial charge in [0.15, 0.2) is 0 Å².